The summed E-state index contributed by atoms with van der Waals surface area (Å²) in [6.45, 7) is 8.32. The number of rotatable bonds is 10. The lowest BCUT2D eigenvalue weighted by atomic mass is 10.1. The van der Waals surface area contributed by atoms with Gasteiger partial charge < -0.3 is 14.2 Å². The van der Waals surface area contributed by atoms with Crippen LogP contribution in [0.15, 0.2) is 73.8 Å². The first kappa shape index (κ1) is 23.9. The van der Waals surface area contributed by atoms with Crippen LogP contribution in [-0.4, -0.2) is 50.2 Å². The molecule has 2 aliphatic heterocycles. The molecule has 0 amide bonds. The van der Waals surface area contributed by atoms with Gasteiger partial charge in [0.2, 0.25) is 0 Å². The summed E-state index contributed by atoms with van der Waals surface area (Å²) in [6, 6.07) is 15.7. The molecular weight excluding hydrogens is 432 g/mol. The molecule has 0 saturated carbocycles. The molecule has 34 heavy (non-hydrogen) atoms. The Morgan fingerprint density at radius 3 is 1.97 bits per heavy atom. The normalized spacial score (nSPS) is 23.9. The van der Waals surface area contributed by atoms with Gasteiger partial charge in [-0.25, -0.2) is 14.6 Å². The molecular formula is C28H28O6. The van der Waals surface area contributed by atoms with E-state index in [0.29, 0.717) is 6.61 Å². The summed E-state index contributed by atoms with van der Waals surface area (Å²) < 4.78 is 17.1. The average Bonchev–Trinajstić information content (AvgIpc) is 3.46. The Morgan fingerprint density at radius 1 is 0.824 bits per heavy atom. The first-order chi connectivity index (χ1) is 16.7. The maximum atomic E-state index is 12.3. The van der Waals surface area contributed by atoms with Crippen molar-refractivity contribution in [2.45, 2.75) is 24.4 Å². The lowest BCUT2D eigenvalue weighted by Gasteiger charge is -2.16. The summed E-state index contributed by atoms with van der Waals surface area (Å²) in [7, 11) is 0. The molecule has 0 N–H and O–H groups in total. The highest BCUT2D eigenvalue weighted by atomic mass is 17.2. The molecule has 2 aliphatic rings. The molecule has 0 spiro atoms. The van der Waals surface area contributed by atoms with Gasteiger partial charge in [0.15, 0.2) is 6.10 Å². The molecule has 2 aromatic rings. The van der Waals surface area contributed by atoms with Gasteiger partial charge in [-0.3, -0.25) is 0 Å². The third kappa shape index (κ3) is 6.18. The molecule has 2 fully saturated rings. The largest absolute Gasteiger partial charge is 0.454 e. The van der Waals surface area contributed by atoms with Crippen molar-refractivity contribution in [2.24, 2.45) is 0 Å². The van der Waals surface area contributed by atoms with E-state index in [-0.39, 0.29) is 31.5 Å². The van der Waals surface area contributed by atoms with Crippen molar-refractivity contribution < 1.29 is 28.8 Å². The van der Waals surface area contributed by atoms with Crippen LogP contribution in [0.1, 0.15) is 22.3 Å². The molecule has 6 heteroatoms. The van der Waals surface area contributed by atoms with Crippen LogP contribution in [0.2, 0.25) is 0 Å². The van der Waals surface area contributed by atoms with E-state index >= 15 is 0 Å². The van der Waals surface area contributed by atoms with E-state index in [2.05, 4.69) is 13.2 Å². The number of hydrogen-bond donors (Lipinski definition) is 0. The highest BCUT2D eigenvalue weighted by Crippen LogP contribution is 2.30. The van der Waals surface area contributed by atoms with Crippen molar-refractivity contribution in [1.82, 2.24) is 0 Å². The Hall–Kier alpha value is -3.29. The first-order valence-electron chi connectivity index (χ1n) is 11.2. The molecule has 0 unspecified atom stereocenters. The van der Waals surface area contributed by atoms with Crippen LogP contribution >= 0.6 is 0 Å². The molecule has 0 bridgehead atoms. The molecule has 0 radical (unpaired) electrons. The molecule has 0 aromatic heterocycles. The highest BCUT2D eigenvalue weighted by Gasteiger charge is 2.50. The first-order valence-corrected chi connectivity index (χ1v) is 11.2. The summed E-state index contributed by atoms with van der Waals surface area (Å²) >= 11 is 0. The van der Waals surface area contributed by atoms with Gasteiger partial charge in [0.05, 0.1) is 13.2 Å². The van der Waals surface area contributed by atoms with E-state index in [1.807, 2.05) is 60.7 Å². The number of carbonyl (C=O) groups excluding carboxylic acids is 1. The summed E-state index contributed by atoms with van der Waals surface area (Å²) in [5.74, 6) is -0.447. The Balaban J connectivity index is 1.19. The number of fused-ring (bicyclic) bond motifs is 1. The van der Waals surface area contributed by atoms with Gasteiger partial charge in [-0.1, -0.05) is 86.0 Å². The molecule has 4 atom stereocenters. The van der Waals surface area contributed by atoms with Gasteiger partial charge in [-0.2, -0.15) is 0 Å². The summed E-state index contributed by atoms with van der Waals surface area (Å²) in [6.07, 6.45) is 8.91. The lowest BCUT2D eigenvalue weighted by Crippen LogP contribution is -2.34. The Labute approximate surface area is 199 Å². The van der Waals surface area contributed by atoms with E-state index < -0.39 is 12.1 Å². The third-order valence-corrected chi connectivity index (χ3v) is 5.65. The second-order valence-electron chi connectivity index (χ2n) is 7.97. The molecule has 4 rings (SSSR count). The summed E-state index contributed by atoms with van der Waals surface area (Å²) in [5, 5.41) is 0. The number of benzene rings is 2. The van der Waals surface area contributed by atoms with Crippen LogP contribution in [0, 0.1) is 0 Å². The van der Waals surface area contributed by atoms with Crippen molar-refractivity contribution in [2.75, 3.05) is 19.8 Å². The van der Waals surface area contributed by atoms with Gasteiger partial charge >= 0.3 is 5.97 Å². The summed E-state index contributed by atoms with van der Waals surface area (Å²) in [5.41, 5.74) is 4.05. The average molecular weight is 461 g/mol. The van der Waals surface area contributed by atoms with Crippen molar-refractivity contribution in [3.05, 3.63) is 96.1 Å². The van der Waals surface area contributed by atoms with E-state index in [9.17, 15) is 4.79 Å². The molecule has 6 nitrogen and oxygen atoms in total. The molecule has 176 valence electrons. The van der Waals surface area contributed by atoms with Crippen molar-refractivity contribution >= 4 is 30.3 Å². The van der Waals surface area contributed by atoms with E-state index in [1.165, 1.54) is 6.08 Å². The molecule has 2 saturated heterocycles. The monoisotopic (exact) mass is 460 g/mol. The fourth-order valence-corrected chi connectivity index (χ4v) is 3.80. The maximum Gasteiger partial charge on any atom is 0.331 e. The van der Waals surface area contributed by atoms with E-state index in [1.54, 1.807) is 18.2 Å². The topological polar surface area (TPSA) is 63.2 Å². The smallest absolute Gasteiger partial charge is 0.331 e. The van der Waals surface area contributed by atoms with Gasteiger partial charge in [0.25, 0.3) is 0 Å². The fraction of sp³-hybridized carbons (Fsp3) is 0.250. The number of ether oxygens (including phenoxy) is 3. The van der Waals surface area contributed by atoms with Gasteiger partial charge in [-0.15, -0.1) is 0 Å². The van der Waals surface area contributed by atoms with Crippen LogP contribution in [0.25, 0.3) is 24.3 Å². The minimum Gasteiger partial charge on any atom is -0.454 e. The molecule has 0 aliphatic carbocycles. The van der Waals surface area contributed by atoms with Crippen LogP contribution in [-0.2, 0) is 28.8 Å². The molecule has 2 heterocycles. The zero-order valence-corrected chi connectivity index (χ0v) is 18.9. The predicted octanol–water partition coefficient (Wildman–Crippen LogP) is 4.73. The highest BCUT2D eigenvalue weighted by molar-refractivity contribution is 5.87. The minimum absolute atomic E-state index is 0.253. The quantitative estimate of drug-likeness (QED) is 0.168. The zero-order valence-electron chi connectivity index (χ0n) is 18.9. The summed E-state index contributed by atoms with van der Waals surface area (Å²) in [4.78, 5) is 23.1. The number of esters is 1. The predicted molar refractivity (Wildman–Crippen MR) is 131 cm³/mol. The second-order valence-corrected chi connectivity index (χ2v) is 7.97. The fourth-order valence-electron chi connectivity index (χ4n) is 3.80. The van der Waals surface area contributed by atoms with Crippen molar-refractivity contribution in [3.8, 4) is 0 Å². The SMILES string of the molecule is C=Cc1ccc(/C=C/COO[C@H]2CO[C@@H]3[C@H]2OC[C@H]3OC(=O)/C=C/c2ccc(C=C)cc2)cc1. The Bertz CT molecular complexity index is 1040. The van der Waals surface area contributed by atoms with Gasteiger partial charge in [0, 0.05) is 6.08 Å². The van der Waals surface area contributed by atoms with E-state index in [4.69, 9.17) is 24.0 Å². The maximum absolute atomic E-state index is 12.3. The van der Waals surface area contributed by atoms with Crippen molar-refractivity contribution in [3.63, 3.8) is 0 Å². The number of hydrogen-bond acceptors (Lipinski definition) is 6. The van der Waals surface area contributed by atoms with E-state index in [0.717, 1.165) is 22.3 Å². The van der Waals surface area contributed by atoms with Crippen LogP contribution in [0.5, 0.6) is 0 Å². The lowest BCUT2D eigenvalue weighted by molar-refractivity contribution is -0.326. The van der Waals surface area contributed by atoms with Crippen LogP contribution in [0.4, 0.5) is 0 Å². The molecule has 2 aromatic carbocycles. The third-order valence-electron chi connectivity index (χ3n) is 5.65. The Kier molecular flexibility index (Phi) is 8.22. The zero-order chi connectivity index (χ0) is 23.8. The minimum atomic E-state index is -0.489. The van der Waals surface area contributed by atoms with Gasteiger partial charge in [-0.05, 0) is 28.3 Å². The van der Waals surface area contributed by atoms with Gasteiger partial charge in [0.1, 0.15) is 24.9 Å². The Morgan fingerprint density at radius 2 is 1.35 bits per heavy atom. The second kappa shape index (κ2) is 11.7. The number of carbonyl (C=O) groups is 1. The standard InChI is InChI=1S/C28H28O6/c1-3-20-7-11-22(12-8-20)6-5-17-32-34-25-19-31-27-24(18-30-28(25)27)33-26(29)16-15-23-13-9-21(4-2)10-14-23/h3-16,24-25,27-28H,1-2,17-19H2/b6-5+,16-15+/t24-,25+,27+,28+/m1/s1. The van der Waals surface area contributed by atoms with Crippen LogP contribution in [0.3, 0.4) is 0 Å². The van der Waals surface area contributed by atoms with Crippen LogP contribution < -0.4 is 0 Å². The van der Waals surface area contributed by atoms with Crippen molar-refractivity contribution in [1.29, 1.82) is 0 Å².